The van der Waals surface area contributed by atoms with Gasteiger partial charge in [0, 0.05) is 25.9 Å². The third-order valence-corrected chi connectivity index (χ3v) is 4.39. The predicted molar refractivity (Wildman–Crippen MR) is 101 cm³/mol. The van der Waals surface area contributed by atoms with Crippen molar-refractivity contribution in [3.63, 3.8) is 0 Å². The van der Waals surface area contributed by atoms with Crippen LogP contribution in [0.3, 0.4) is 0 Å². The molecule has 0 aliphatic carbocycles. The van der Waals surface area contributed by atoms with Gasteiger partial charge in [-0.2, -0.15) is 4.98 Å². The molecule has 0 bridgehead atoms. The fourth-order valence-electron chi connectivity index (χ4n) is 2.16. The molecule has 0 amide bonds. The minimum atomic E-state index is 0.0249. The highest BCUT2D eigenvalue weighted by Crippen LogP contribution is 2.25. The van der Waals surface area contributed by atoms with E-state index in [4.69, 9.17) is 27.7 Å². The normalized spacial score (nSPS) is 13.2. The standard InChI is InChI=1S/C17H23Cl2N5O/c1-10(2)16-23-15(25-24-16)7-8-21-17(20-4)22-11(3)12-5-6-13(18)14(19)9-12/h5-6,9-11H,7-8H2,1-4H3,(H2,20,21,22). The Morgan fingerprint density at radius 1 is 1.24 bits per heavy atom. The smallest absolute Gasteiger partial charge is 0.228 e. The van der Waals surface area contributed by atoms with Crippen LogP contribution in [-0.4, -0.2) is 29.7 Å². The van der Waals surface area contributed by atoms with E-state index in [0.717, 1.165) is 11.4 Å². The van der Waals surface area contributed by atoms with Crippen LogP contribution in [0.5, 0.6) is 0 Å². The summed E-state index contributed by atoms with van der Waals surface area (Å²) >= 11 is 12.0. The summed E-state index contributed by atoms with van der Waals surface area (Å²) in [6.45, 7) is 6.72. The molecule has 1 aromatic heterocycles. The van der Waals surface area contributed by atoms with Crippen molar-refractivity contribution in [1.82, 2.24) is 20.8 Å². The van der Waals surface area contributed by atoms with Crippen molar-refractivity contribution in [3.8, 4) is 0 Å². The van der Waals surface area contributed by atoms with Crippen molar-refractivity contribution in [1.29, 1.82) is 0 Å². The van der Waals surface area contributed by atoms with Crippen LogP contribution in [0.4, 0.5) is 0 Å². The van der Waals surface area contributed by atoms with Crippen LogP contribution in [0.15, 0.2) is 27.7 Å². The van der Waals surface area contributed by atoms with Crippen LogP contribution < -0.4 is 10.6 Å². The van der Waals surface area contributed by atoms with E-state index in [1.54, 1.807) is 13.1 Å². The van der Waals surface area contributed by atoms with Gasteiger partial charge in [0.2, 0.25) is 5.89 Å². The van der Waals surface area contributed by atoms with E-state index < -0.39 is 0 Å². The summed E-state index contributed by atoms with van der Waals surface area (Å²) in [7, 11) is 1.72. The van der Waals surface area contributed by atoms with E-state index >= 15 is 0 Å². The summed E-state index contributed by atoms with van der Waals surface area (Å²) in [6.07, 6.45) is 0.627. The van der Waals surface area contributed by atoms with Crippen molar-refractivity contribution in [2.75, 3.05) is 13.6 Å². The van der Waals surface area contributed by atoms with Crippen LogP contribution in [0, 0.1) is 0 Å². The van der Waals surface area contributed by atoms with Gasteiger partial charge in [-0.05, 0) is 24.6 Å². The van der Waals surface area contributed by atoms with Crippen LogP contribution in [0.25, 0.3) is 0 Å². The zero-order valence-electron chi connectivity index (χ0n) is 14.8. The molecule has 2 N–H and O–H groups in total. The monoisotopic (exact) mass is 383 g/mol. The van der Waals surface area contributed by atoms with Crippen molar-refractivity contribution in [2.24, 2.45) is 4.99 Å². The molecule has 1 aromatic carbocycles. The second kappa shape index (κ2) is 9.06. The number of rotatable bonds is 6. The highest BCUT2D eigenvalue weighted by atomic mass is 35.5. The van der Waals surface area contributed by atoms with Gasteiger partial charge >= 0.3 is 0 Å². The fourth-order valence-corrected chi connectivity index (χ4v) is 2.46. The Hall–Kier alpha value is -1.79. The molecule has 1 atom stereocenters. The van der Waals surface area contributed by atoms with Crippen LogP contribution in [0.1, 0.15) is 50.0 Å². The van der Waals surface area contributed by atoms with Crippen molar-refractivity contribution >= 4 is 29.2 Å². The molecule has 0 saturated carbocycles. The lowest BCUT2D eigenvalue weighted by Gasteiger charge is -2.18. The SMILES string of the molecule is CN=C(NCCc1nc(C(C)C)no1)NC(C)c1ccc(Cl)c(Cl)c1. The Morgan fingerprint density at radius 3 is 2.60 bits per heavy atom. The average molecular weight is 384 g/mol. The van der Waals surface area contributed by atoms with Gasteiger partial charge in [0.25, 0.3) is 0 Å². The Bertz CT molecular complexity index is 730. The molecular formula is C17H23Cl2N5O. The molecule has 25 heavy (non-hydrogen) atoms. The highest BCUT2D eigenvalue weighted by Gasteiger charge is 2.11. The molecule has 2 rings (SSSR count). The van der Waals surface area contributed by atoms with Crippen LogP contribution in [0.2, 0.25) is 10.0 Å². The number of benzene rings is 1. The zero-order chi connectivity index (χ0) is 18.4. The zero-order valence-corrected chi connectivity index (χ0v) is 16.3. The molecule has 0 fully saturated rings. The highest BCUT2D eigenvalue weighted by molar-refractivity contribution is 6.42. The molecule has 0 aliphatic heterocycles. The Kier molecular flexibility index (Phi) is 7.08. The summed E-state index contributed by atoms with van der Waals surface area (Å²) in [5.41, 5.74) is 1.02. The third kappa shape index (κ3) is 5.61. The van der Waals surface area contributed by atoms with Gasteiger partial charge in [-0.15, -0.1) is 0 Å². The first kappa shape index (κ1) is 19.5. The Balaban J connectivity index is 1.86. The minimum Gasteiger partial charge on any atom is -0.356 e. The topological polar surface area (TPSA) is 75.3 Å². The van der Waals surface area contributed by atoms with Gasteiger partial charge in [-0.1, -0.05) is 48.3 Å². The number of hydrogen-bond acceptors (Lipinski definition) is 4. The number of aliphatic imine (C=N–C) groups is 1. The number of nitrogens with zero attached hydrogens (tertiary/aromatic N) is 3. The van der Waals surface area contributed by atoms with Gasteiger partial charge in [0.05, 0.1) is 16.1 Å². The number of halogens is 2. The second-order valence-corrected chi connectivity index (χ2v) is 6.80. The largest absolute Gasteiger partial charge is 0.356 e. The van der Waals surface area contributed by atoms with E-state index in [-0.39, 0.29) is 12.0 Å². The number of aromatic nitrogens is 2. The van der Waals surface area contributed by atoms with E-state index in [2.05, 4.69) is 25.8 Å². The molecule has 0 aliphatic rings. The predicted octanol–water partition coefficient (Wildman–Crippen LogP) is 3.97. The Labute approximate surface area is 158 Å². The molecule has 136 valence electrons. The van der Waals surface area contributed by atoms with E-state index in [0.29, 0.717) is 34.9 Å². The van der Waals surface area contributed by atoms with Gasteiger partial charge in [0.1, 0.15) is 0 Å². The average Bonchev–Trinajstić information content (AvgIpc) is 3.05. The first-order valence-electron chi connectivity index (χ1n) is 8.15. The van der Waals surface area contributed by atoms with Crippen molar-refractivity contribution in [2.45, 2.75) is 39.2 Å². The van der Waals surface area contributed by atoms with E-state index in [9.17, 15) is 0 Å². The first-order valence-corrected chi connectivity index (χ1v) is 8.91. The fraction of sp³-hybridized carbons (Fsp3) is 0.471. The Morgan fingerprint density at radius 2 is 2.00 bits per heavy atom. The number of guanidine groups is 1. The van der Waals surface area contributed by atoms with Gasteiger partial charge in [-0.25, -0.2) is 0 Å². The number of hydrogen-bond donors (Lipinski definition) is 2. The number of nitrogens with one attached hydrogen (secondary N) is 2. The molecule has 6 nitrogen and oxygen atoms in total. The molecular weight excluding hydrogens is 361 g/mol. The lowest BCUT2D eigenvalue weighted by molar-refractivity contribution is 0.371. The van der Waals surface area contributed by atoms with Crippen LogP contribution in [-0.2, 0) is 6.42 Å². The molecule has 0 radical (unpaired) electrons. The van der Waals surface area contributed by atoms with Crippen LogP contribution >= 0.6 is 23.2 Å². The lowest BCUT2D eigenvalue weighted by Crippen LogP contribution is -2.39. The second-order valence-electron chi connectivity index (χ2n) is 5.99. The molecule has 8 heteroatoms. The molecule has 2 aromatic rings. The quantitative estimate of drug-likeness (QED) is 0.582. The van der Waals surface area contributed by atoms with Crippen molar-refractivity contribution in [3.05, 3.63) is 45.5 Å². The van der Waals surface area contributed by atoms with E-state index in [1.165, 1.54) is 0 Å². The maximum atomic E-state index is 6.08. The van der Waals surface area contributed by atoms with Gasteiger partial charge < -0.3 is 15.2 Å². The maximum Gasteiger partial charge on any atom is 0.228 e. The maximum absolute atomic E-state index is 6.08. The summed E-state index contributed by atoms with van der Waals surface area (Å²) in [6, 6.07) is 5.60. The summed E-state index contributed by atoms with van der Waals surface area (Å²) in [5, 5.41) is 11.6. The molecule has 1 unspecified atom stereocenters. The molecule has 0 spiro atoms. The first-order chi connectivity index (χ1) is 11.9. The van der Waals surface area contributed by atoms with E-state index in [1.807, 2.05) is 32.9 Å². The van der Waals surface area contributed by atoms with Gasteiger partial charge in [0.15, 0.2) is 11.8 Å². The van der Waals surface area contributed by atoms with Crippen molar-refractivity contribution < 1.29 is 4.52 Å². The molecule has 0 saturated heterocycles. The minimum absolute atomic E-state index is 0.0249. The summed E-state index contributed by atoms with van der Waals surface area (Å²) in [5.74, 6) is 2.28. The third-order valence-electron chi connectivity index (χ3n) is 3.65. The molecule has 1 heterocycles. The summed E-state index contributed by atoms with van der Waals surface area (Å²) < 4.78 is 5.23. The lowest BCUT2D eigenvalue weighted by atomic mass is 10.1. The van der Waals surface area contributed by atoms with Gasteiger partial charge in [-0.3, -0.25) is 4.99 Å². The summed E-state index contributed by atoms with van der Waals surface area (Å²) in [4.78, 5) is 8.58.